The minimum atomic E-state index is 0.445. The number of anilines is 1. The minimum absolute atomic E-state index is 0.445. The topological polar surface area (TPSA) is 43.1 Å². The van der Waals surface area contributed by atoms with Gasteiger partial charge in [-0.1, -0.05) is 5.92 Å². The second-order valence-corrected chi connectivity index (χ2v) is 2.11. The van der Waals surface area contributed by atoms with E-state index in [0.717, 1.165) is 0 Å². The molecule has 0 saturated heterocycles. The highest BCUT2D eigenvalue weighted by Gasteiger charge is 1.96. The lowest BCUT2D eigenvalue weighted by Gasteiger charge is -1.97. The molecule has 2 N–H and O–H groups in total. The van der Waals surface area contributed by atoms with Crippen LogP contribution in [-0.4, -0.2) is 6.29 Å². The fraction of sp³-hybridized carbons (Fsp3) is 0. The van der Waals surface area contributed by atoms with Gasteiger partial charge >= 0.3 is 0 Å². The molecule has 0 saturated carbocycles. The van der Waals surface area contributed by atoms with Crippen molar-refractivity contribution in [1.29, 1.82) is 0 Å². The number of nitrogen functional groups attached to an aromatic ring is 1. The molecule has 0 unspecified atom stereocenters. The van der Waals surface area contributed by atoms with Gasteiger partial charge in [-0.3, -0.25) is 4.79 Å². The van der Waals surface area contributed by atoms with Crippen molar-refractivity contribution in [2.45, 2.75) is 0 Å². The van der Waals surface area contributed by atoms with Crippen LogP contribution in [-0.2, 0) is 0 Å². The lowest BCUT2D eigenvalue weighted by atomic mass is 10.1. The molecule has 2 nitrogen and oxygen atoms in total. The third-order valence-corrected chi connectivity index (χ3v) is 1.38. The van der Waals surface area contributed by atoms with Crippen LogP contribution in [0, 0.1) is 12.3 Å². The second kappa shape index (κ2) is 2.89. The SMILES string of the molecule is C#Cc1ccc(N)c(C=O)c1. The largest absolute Gasteiger partial charge is 0.398 e. The maximum absolute atomic E-state index is 10.3. The Bertz CT molecular complexity index is 323. The molecule has 1 rings (SSSR count). The van der Waals surface area contributed by atoms with Crippen LogP contribution in [0.15, 0.2) is 18.2 Å². The average molecular weight is 145 g/mol. The van der Waals surface area contributed by atoms with Gasteiger partial charge in [0.15, 0.2) is 6.29 Å². The van der Waals surface area contributed by atoms with Crippen LogP contribution >= 0.6 is 0 Å². The molecular formula is C9H7NO. The molecule has 0 heterocycles. The molecule has 0 fully saturated rings. The van der Waals surface area contributed by atoms with Crippen LogP contribution in [0.4, 0.5) is 5.69 Å². The van der Waals surface area contributed by atoms with Gasteiger partial charge in [0.2, 0.25) is 0 Å². The molecule has 0 atom stereocenters. The third-order valence-electron chi connectivity index (χ3n) is 1.38. The van der Waals surface area contributed by atoms with Crippen LogP contribution in [0.5, 0.6) is 0 Å². The summed E-state index contributed by atoms with van der Waals surface area (Å²) in [6, 6.07) is 4.91. The van der Waals surface area contributed by atoms with Gasteiger partial charge in [-0.25, -0.2) is 0 Å². The summed E-state index contributed by atoms with van der Waals surface area (Å²) < 4.78 is 0. The van der Waals surface area contributed by atoms with Gasteiger partial charge in [0.05, 0.1) is 0 Å². The van der Waals surface area contributed by atoms with Gasteiger partial charge in [0, 0.05) is 16.8 Å². The third kappa shape index (κ3) is 1.39. The fourth-order valence-corrected chi connectivity index (χ4v) is 0.767. The van der Waals surface area contributed by atoms with Crippen LogP contribution in [0.1, 0.15) is 15.9 Å². The first-order valence-electron chi connectivity index (χ1n) is 3.09. The summed E-state index contributed by atoms with van der Waals surface area (Å²) in [6.07, 6.45) is 5.81. The molecule has 0 radical (unpaired) electrons. The van der Waals surface area contributed by atoms with Gasteiger partial charge in [-0.15, -0.1) is 6.42 Å². The number of nitrogens with two attached hydrogens (primary N) is 1. The molecule has 0 aliphatic carbocycles. The van der Waals surface area contributed by atoms with Gasteiger partial charge in [-0.2, -0.15) is 0 Å². The molecule has 0 aromatic heterocycles. The Morgan fingerprint density at radius 2 is 2.27 bits per heavy atom. The molecule has 54 valence electrons. The standard InChI is InChI=1S/C9H7NO/c1-2-7-3-4-9(10)8(5-7)6-11/h1,3-6H,10H2. The second-order valence-electron chi connectivity index (χ2n) is 2.11. The molecule has 0 aliphatic heterocycles. The van der Waals surface area contributed by atoms with Crippen LogP contribution in [0.25, 0.3) is 0 Å². The van der Waals surface area contributed by atoms with E-state index in [9.17, 15) is 4.79 Å². The molecule has 2 heteroatoms. The predicted octanol–water partition coefficient (Wildman–Crippen LogP) is 1.06. The number of hydrogen-bond acceptors (Lipinski definition) is 2. The van der Waals surface area contributed by atoms with E-state index in [1.807, 2.05) is 0 Å². The molecule has 11 heavy (non-hydrogen) atoms. The number of hydrogen-bond donors (Lipinski definition) is 1. The van der Waals surface area contributed by atoms with Gasteiger partial charge in [0.25, 0.3) is 0 Å². The van der Waals surface area contributed by atoms with E-state index in [1.165, 1.54) is 0 Å². The summed E-state index contributed by atoms with van der Waals surface area (Å²) >= 11 is 0. The number of terminal acetylenes is 1. The van der Waals surface area contributed by atoms with Gasteiger partial charge < -0.3 is 5.73 Å². The number of aldehydes is 1. The minimum Gasteiger partial charge on any atom is -0.398 e. The number of carbonyl (C=O) groups is 1. The Labute approximate surface area is 65.0 Å². The van der Waals surface area contributed by atoms with E-state index in [4.69, 9.17) is 12.2 Å². The van der Waals surface area contributed by atoms with Crippen molar-refractivity contribution in [2.75, 3.05) is 5.73 Å². The average Bonchev–Trinajstić information content (AvgIpc) is 2.05. The predicted molar refractivity (Wildman–Crippen MR) is 44.2 cm³/mol. The molecule has 0 amide bonds. The summed E-state index contributed by atoms with van der Waals surface area (Å²) in [5, 5.41) is 0. The monoisotopic (exact) mass is 145 g/mol. The highest BCUT2D eigenvalue weighted by atomic mass is 16.1. The Balaban J connectivity index is 3.25. The Kier molecular flexibility index (Phi) is 1.93. The lowest BCUT2D eigenvalue weighted by molar-refractivity contribution is 0.112. The van der Waals surface area contributed by atoms with E-state index in [-0.39, 0.29) is 0 Å². The number of carbonyl (C=O) groups excluding carboxylic acids is 1. The summed E-state index contributed by atoms with van der Waals surface area (Å²) in [6.45, 7) is 0. The van der Waals surface area contributed by atoms with Gasteiger partial charge in [0.1, 0.15) is 0 Å². The summed E-state index contributed by atoms with van der Waals surface area (Å²) in [7, 11) is 0. The van der Waals surface area contributed by atoms with E-state index in [1.54, 1.807) is 18.2 Å². The van der Waals surface area contributed by atoms with Crippen LogP contribution in [0.2, 0.25) is 0 Å². The number of benzene rings is 1. The Morgan fingerprint density at radius 3 is 2.82 bits per heavy atom. The first-order valence-corrected chi connectivity index (χ1v) is 3.09. The van der Waals surface area contributed by atoms with E-state index < -0.39 is 0 Å². The van der Waals surface area contributed by atoms with E-state index >= 15 is 0 Å². The van der Waals surface area contributed by atoms with E-state index in [2.05, 4.69) is 5.92 Å². The molecule has 0 spiro atoms. The normalized spacial score (nSPS) is 8.64. The highest BCUT2D eigenvalue weighted by Crippen LogP contribution is 2.10. The first-order chi connectivity index (χ1) is 5.27. The summed E-state index contributed by atoms with van der Waals surface area (Å²) in [4.78, 5) is 10.3. The van der Waals surface area contributed by atoms with Gasteiger partial charge in [-0.05, 0) is 18.2 Å². The van der Waals surface area contributed by atoms with Crippen molar-refractivity contribution in [2.24, 2.45) is 0 Å². The van der Waals surface area contributed by atoms with Crippen LogP contribution in [0.3, 0.4) is 0 Å². The Morgan fingerprint density at radius 1 is 1.55 bits per heavy atom. The summed E-state index contributed by atoms with van der Waals surface area (Å²) in [5.74, 6) is 2.41. The molecule has 0 bridgehead atoms. The zero-order valence-electron chi connectivity index (χ0n) is 5.87. The van der Waals surface area contributed by atoms with E-state index in [0.29, 0.717) is 23.1 Å². The zero-order chi connectivity index (χ0) is 8.27. The van der Waals surface area contributed by atoms with Crippen molar-refractivity contribution in [3.8, 4) is 12.3 Å². The molecular weight excluding hydrogens is 138 g/mol. The fourth-order valence-electron chi connectivity index (χ4n) is 0.767. The van der Waals surface area contributed by atoms with Crippen molar-refractivity contribution in [3.63, 3.8) is 0 Å². The summed E-state index contributed by atoms with van der Waals surface area (Å²) in [5.41, 5.74) is 7.02. The maximum Gasteiger partial charge on any atom is 0.152 e. The number of rotatable bonds is 1. The smallest absolute Gasteiger partial charge is 0.152 e. The first kappa shape index (κ1) is 7.36. The maximum atomic E-state index is 10.3. The molecule has 0 aliphatic rings. The zero-order valence-corrected chi connectivity index (χ0v) is 5.87. The highest BCUT2D eigenvalue weighted by molar-refractivity contribution is 5.83. The molecule has 1 aromatic carbocycles. The Hall–Kier alpha value is -1.75. The molecule has 1 aromatic rings. The van der Waals surface area contributed by atoms with Crippen molar-refractivity contribution in [1.82, 2.24) is 0 Å². The van der Waals surface area contributed by atoms with Crippen molar-refractivity contribution >= 4 is 12.0 Å². The van der Waals surface area contributed by atoms with Crippen molar-refractivity contribution in [3.05, 3.63) is 29.3 Å². The lowest BCUT2D eigenvalue weighted by Crippen LogP contribution is -1.92. The van der Waals surface area contributed by atoms with Crippen molar-refractivity contribution < 1.29 is 4.79 Å². The quantitative estimate of drug-likeness (QED) is 0.365. The van der Waals surface area contributed by atoms with Crippen LogP contribution < -0.4 is 5.73 Å².